The standard InChI is InChI=1S/C20H35N5/c1-3-24-15-17-25(18-16-24)14-8-7-12-22-20(21-2)23-13-11-19-9-5-4-6-10-19/h4-6,9-10H,3,7-8,11-18H2,1-2H3,(H2,21,22,23). The Morgan fingerprint density at radius 1 is 0.960 bits per heavy atom. The minimum atomic E-state index is 0.908. The summed E-state index contributed by atoms with van der Waals surface area (Å²) < 4.78 is 0. The van der Waals surface area contributed by atoms with Gasteiger partial charge in [0.25, 0.3) is 0 Å². The van der Waals surface area contributed by atoms with Gasteiger partial charge in [-0.1, -0.05) is 37.3 Å². The molecule has 0 unspecified atom stereocenters. The first-order chi connectivity index (χ1) is 12.3. The van der Waals surface area contributed by atoms with Crippen LogP contribution in [0.15, 0.2) is 35.3 Å². The van der Waals surface area contributed by atoms with Crippen molar-refractivity contribution in [3.8, 4) is 0 Å². The van der Waals surface area contributed by atoms with E-state index in [1.54, 1.807) is 0 Å². The highest BCUT2D eigenvalue weighted by Crippen LogP contribution is 2.03. The van der Waals surface area contributed by atoms with Crippen LogP contribution in [0.3, 0.4) is 0 Å². The SMILES string of the molecule is CCN1CCN(CCCCNC(=NC)NCCc2ccccc2)CC1. The summed E-state index contributed by atoms with van der Waals surface area (Å²) >= 11 is 0. The fourth-order valence-corrected chi connectivity index (χ4v) is 3.19. The highest BCUT2D eigenvalue weighted by molar-refractivity contribution is 5.79. The number of guanidine groups is 1. The zero-order chi connectivity index (χ0) is 17.7. The van der Waals surface area contributed by atoms with Gasteiger partial charge < -0.3 is 20.4 Å². The maximum atomic E-state index is 4.30. The average molecular weight is 346 g/mol. The minimum absolute atomic E-state index is 0.908. The van der Waals surface area contributed by atoms with E-state index in [9.17, 15) is 0 Å². The minimum Gasteiger partial charge on any atom is -0.356 e. The van der Waals surface area contributed by atoms with Crippen molar-refractivity contribution < 1.29 is 0 Å². The molecule has 1 fully saturated rings. The summed E-state index contributed by atoms with van der Waals surface area (Å²) in [6.07, 6.45) is 3.46. The lowest BCUT2D eigenvalue weighted by molar-refractivity contribution is 0.136. The summed E-state index contributed by atoms with van der Waals surface area (Å²) in [6.45, 7) is 11.5. The molecule has 0 radical (unpaired) electrons. The number of aliphatic imine (C=N–C) groups is 1. The van der Waals surface area contributed by atoms with E-state index in [4.69, 9.17) is 0 Å². The van der Waals surface area contributed by atoms with Crippen LogP contribution in [-0.2, 0) is 6.42 Å². The lowest BCUT2D eigenvalue weighted by atomic mass is 10.1. The van der Waals surface area contributed by atoms with Gasteiger partial charge in [0, 0.05) is 46.3 Å². The van der Waals surface area contributed by atoms with Crippen LogP contribution in [-0.4, -0.2) is 75.2 Å². The lowest BCUT2D eigenvalue weighted by Gasteiger charge is -2.34. The summed E-state index contributed by atoms with van der Waals surface area (Å²) in [5.41, 5.74) is 1.36. The van der Waals surface area contributed by atoms with Gasteiger partial charge in [0.2, 0.25) is 0 Å². The van der Waals surface area contributed by atoms with Crippen molar-refractivity contribution in [1.29, 1.82) is 0 Å². The Morgan fingerprint density at radius 3 is 2.32 bits per heavy atom. The number of hydrogen-bond donors (Lipinski definition) is 2. The van der Waals surface area contributed by atoms with E-state index in [2.05, 4.69) is 62.7 Å². The summed E-state index contributed by atoms with van der Waals surface area (Å²) in [7, 11) is 1.84. The van der Waals surface area contributed by atoms with Crippen molar-refractivity contribution >= 4 is 5.96 Å². The van der Waals surface area contributed by atoms with Gasteiger partial charge in [0.1, 0.15) is 0 Å². The maximum Gasteiger partial charge on any atom is 0.190 e. The molecular formula is C20H35N5. The molecule has 140 valence electrons. The summed E-state index contributed by atoms with van der Waals surface area (Å²) in [6, 6.07) is 10.6. The molecule has 0 atom stereocenters. The Kier molecular flexibility index (Phi) is 9.37. The second kappa shape index (κ2) is 11.9. The molecule has 0 spiro atoms. The van der Waals surface area contributed by atoms with Gasteiger partial charge in [-0.2, -0.15) is 0 Å². The quantitative estimate of drug-likeness (QED) is 0.407. The number of piperazine rings is 1. The van der Waals surface area contributed by atoms with Crippen LogP contribution >= 0.6 is 0 Å². The number of nitrogens with one attached hydrogen (secondary N) is 2. The zero-order valence-electron chi connectivity index (χ0n) is 16.0. The van der Waals surface area contributed by atoms with Crippen molar-refractivity contribution in [3.05, 3.63) is 35.9 Å². The van der Waals surface area contributed by atoms with Crippen LogP contribution in [0.25, 0.3) is 0 Å². The molecule has 2 N–H and O–H groups in total. The van der Waals surface area contributed by atoms with E-state index >= 15 is 0 Å². The number of nitrogens with zero attached hydrogens (tertiary/aromatic N) is 3. The second-order valence-corrected chi connectivity index (χ2v) is 6.64. The number of likely N-dealkylation sites (N-methyl/N-ethyl adjacent to an activating group) is 1. The van der Waals surface area contributed by atoms with E-state index < -0.39 is 0 Å². The van der Waals surface area contributed by atoms with Crippen LogP contribution in [0.1, 0.15) is 25.3 Å². The normalized spacial score (nSPS) is 16.8. The van der Waals surface area contributed by atoms with Crippen molar-refractivity contribution in [3.63, 3.8) is 0 Å². The van der Waals surface area contributed by atoms with Crippen LogP contribution in [0.2, 0.25) is 0 Å². The Morgan fingerprint density at radius 2 is 1.64 bits per heavy atom. The highest BCUT2D eigenvalue weighted by atomic mass is 15.3. The molecule has 25 heavy (non-hydrogen) atoms. The second-order valence-electron chi connectivity index (χ2n) is 6.64. The average Bonchev–Trinajstić information content (AvgIpc) is 2.67. The van der Waals surface area contributed by atoms with Gasteiger partial charge in [0.15, 0.2) is 5.96 Å². The van der Waals surface area contributed by atoms with E-state index in [0.29, 0.717) is 0 Å². The van der Waals surface area contributed by atoms with Crippen molar-refractivity contribution in [2.24, 2.45) is 4.99 Å². The fourth-order valence-electron chi connectivity index (χ4n) is 3.19. The highest BCUT2D eigenvalue weighted by Gasteiger charge is 2.14. The van der Waals surface area contributed by atoms with Gasteiger partial charge >= 0.3 is 0 Å². The third-order valence-electron chi connectivity index (χ3n) is 4.88. The summed E-state index contributed by atoms with van der Waals surface area (Å²) in [5.74, 6) is 0.910. The Hall–Kier alpha value is -1.59. The molecular weight excluding hydrogens is 310 g/mol. The monoisotopic (exact) mass is 345 g/mol. The number of benzene rings is 1. The Labute approximate surface area is 153 Å². The Bertz CT molecular complexity index is 480. The van der Waals surface area contributed by atoms with Crippen LogP contribution in [0.4, 0.5) is 0 Å². The van der Waals surface area contributed by atoms with Crippen molar-refractivity contribution in [2.45, 2.75) is 26.2 Å². The fraction of sp³-hybridized carbons (Fsp3) is 0.650. The van der Waals surface area contributed by atoms with Gasteiger partial charge in [-0.05, 0) is 37.9 Å². The van der Waals surface area contributed by atoms with Gasteiger partial charge in [-0.15, -0.1) is 0 Å². The molecule has 0 amide bonds. The number of unbranched alkanes of at least 4 members (excludes halogenated alkanes) is 1. The molecule has 1 aliphatic heterocycles. The first-order valence-electron chi connectivity index (χ1n) is 9.75. The molecule has 0 aromatic heterocycles. The van der Waals surface area contributed by atoms with Crippen LogP contribution in [0.5, 0.6) is 0 Å². The molecule has 2 rings (SSSR count). The summed E-state index contributed by atoms with van der Waals surface area (Å²) in [4.78, 5) is 9.43. The first kappa shape index (κ1) is 19.7. The molecule has 0 saturated carbocycles. The molecule has 5 heteroatoms. The van der Waals surface area contributed by atoms with E-state index in [0.717, 1.165) is 25.5 Å². The molecule has 1 aliphatic rings. The van der Waals surface area contributed by atoms with Gasteiger partial charge in [0.05, 0.1) is 0 Å². The van der Waals surface area contributed by atoms with E-state index in [1.165, 1.54) is 57.7 Å². The van der Waals surface area contributed by atoms with E-state index in [-0.39, 0.29) is 0 Å². The third kappa shape index (κ3) is 7.88. The molecule has 0 aliphatic carbocycles. The van der Waals surface area contributed by atoms with Gasteiger partial charge in [-0.3, -0.25) is 4.99 Å². The Balaban J connectivity index is 1.50. The van der Waals surface area contributed by atoms with Crippen molar-refractivity contribution in [2.75, 3.05) is 59.4 Å². The van der Waals surface area contributed by atoms with Crippen molar-refractivity contribution in [1.82, 2.24) is 20.4 Å². The number of rotatable bonds is 9. The van der Waals surface area contributed by atoms with E-state index in [1.807, 2.05) is 7.05 Å². The topological polar surface area (TPSA) is 42.9 Å². The third-order valence-corrected chi connectivity index (χ3v) is 4.88. The van der Waals surface area contributed by atoms with Gasteiger partial charge in [-0.25, -0.2) is 0 Å². The van der Waals surface area contributed by atoms with Crippen LogP contribution in [0, 0.1) is 0 Å². The zero-order valence-corrected chi connectivity index (χ0v) is 16.0. The molecule has 1 aromatic rings. The molecule has 1 heterocycles. The molecule has 1 aromatic carbocycles. The predicted molar refractivity (Wildman–Crippen MR) is 107 cm³/mol. The van der Waals surface area contributed by atoms with Crippen LogP contribution < -0.4 is 10.6 Å². The first-order valence-corrected chi connectivity index (χ1v) is 9.75. The molecule has 5 nitrogen and oxygen atoms in total. The molecule has 0 bridgehead atoms. The molecule has 1 saturated heterocycles. The number of hydrogen-bond acceptors (Lipinski definition) is 3. The smallest absolute Gasteiger partial charge is 0.190 e. The predicted octanol–water partition coefficient (Wildman–Crippen LogP) is 1.81. The largest absolute Gasteiger partial charge is 0.356 e. The lowest BCUT2D eigenvalue weighted by Crippen LogP contribution is -2.46. The maximum absolute atomic E-state index is 4.30. The summed E-state index contributed by atoms with van der Waals surface area (Å²) in [5, 5.41) is 6.81.